The zero-order valence-corrected chi connectivity index (χ0v) is 13.4. The van der Waals surface area contributed by atoms with Crippen molar-refractivity contribution in [1.82, 2.24) is 9.62 Å². The van der Waals surface area contributed by atoms with Crippen molar-refractivity contribution in [2.45, 2.75) is 30.9 Å². The van der Waals surface area contributed by atoms with Gasteiger partial charge in [-0.05, 0) is 43.4 Å². The fourth-order valence-electron chi connectivity index (χ4n) is 2.78. The zero-order valence-electron chi connectivity index (χ0n) is 12.6. The van der Waals surface area contributed by atoms with Gasteiger partial charge in [0.25, 0.3) is 10.0 Å². The predicted molar refractivity (Wildman–Crippen MR) is 79.2 cm³/mol. The molecule has 2 N–H and O–H groups in total. The fourth-order valence-corrected chi connectivity index (χ4v) is 3.59. The Morgan fingerprint density at radius 3 is 2.71 bits per heavy atom. The molecule has 1 aliphatic carbocycles. The lowest BCUT2D eigenvalue weighted by Crippen LogP contribution is -2.26. The molecule has 0 radical (unpaired) electrons. The molecule has 7 heteroatoms. The largest absolute Gasteiger partial charge is 0.447 e. The summed E-state index contributed by atoms with van der Waals surface area (Å²) in [6.45, 7) is 1.57. The van der Waals surface area contributed by atoms with Crippen LogP contribution in [0.5, 0.6) is 0 Å². The van der Waals surface area contributed by atoms with E-state index in [2.05, 4.69) is 5.32 Å². The summed E-state index contributed by atoms with van der Waals surface area (Å²) in [6.07, 6.45) is 3.40. The first-order valence-electron chi connectivity index (χ1n) is 7.28. The summed E-state index contributed by atoms with van der Waals surface area (Å²) in [4.78, 5) is 0. The number of aliphatic hydroxyl groups is 1. The third-order valence-corrected chi connectivity index (χ3v) is 5.82. The van der Waals surface area contributed by atoms with Crippen molar-refractivity contribution < 1.29 is 17.9 Å². The molecule has 2 atom stereocenters. The molecular weight excluding hydrogens is 292 g/mol. The van der Waals surface area contributed by atoms with E-state index in [1.54, 1.807) is 6.07 Å². The van der Waals surface area contributed by atoms with Crippen LogP contribution in [0.25, 0.3) is 0 Å². The molecule has 0 saturated heterocycles. The van der Waals surface area contributed by atoms with E-state index in [0.717, 1.165) is 23.7 Å². The molecule has 0 aromatic carbocycles. The minimum atomic E-state index is -3.50. The first kappa shape index (κ1) is 16.5. The maximum absolute atomic E-state index is 11.9. The Morgan fingerprint density at radius 2 is 2.05 bits per heavy atom. The van der Waals surface area contributed by atoms with Crippen molar-refractivity contribution in [2.75, 3.05) is 27.2 Å². The second kappa shape index (κ2) is 6.91. The molecule has 1 fully saturated rings. The molecule has 2 rings (SSSR count). The van der Waals surface area contributed by atoms with Gasteiger partial charge in [-0.1, -0.05) is 6.42 Å². The van der Waals surface area contributed by atoms with E-state index in [1.807, 2.05) is 0 Å². The van der Waals surface area contributed by atoms with Gasteiger partial charge >= 0.3 is 0 Å². The average Bonchev–Trinajstić information content (AvgIpc) is 3.07. The Hall–Kier alpha value is -0.890. The standard InChI is InChI=1S/C14H24N2O4S/c1-16(2)21(18,19)14-7-6-13(20-14)9-15-8-11-4-3-5-12(11)10-17/h6-7,11-12,15,17H,3-5,8-10H2,1-2H3. The van der Waals surface area contributed by atoms with Gasteiger partial charge in [0.2, 0.25) is 5.09 Å². The maximum Gasteiger partial charge on any atom is 0.275 e. The van der Waals surface area contributed by atoms with E-state index in [9.17, 15) is 13.5 Å². The van der Waals surface area contributed by atoms with Gasteiger partial charge in [0.05, 0.1) is 6.54 Å². The summed E-state index contributed by atoms with van der Waals surface area (Å²) in [6, 6.07) is 3.17. The van der Waals surface area contributed by atoms with E-state index in [1.165, 1.54) is 26.6 Å². The fraction of sp³-hybridized carbons (Fsp3) is 0.714. The lowest BCUT2D eigenvalue weighted by atomic mass is 9.97. The number of hydrogen-bond donors (Lipinski definition) is 2. The van der Waals surface area contributed by atoms with Gasteiger partial charge in [-0.25, -0.2) is 12.7 Å². The molecule has 0 aliphatic heterocycles. The Balaban J connectivity index is 1.86. The van der Waals surface area contributed by atoms with Crippen LogP contribution in [0.2, 0.25) is 0 Å². The van der Waals surface area contributed by atoms with Crippen molar-refractivity contribution >= 4 is 10.0 Å². The molecule has 1 heterocycles. The number of aliphatic hydroxyl groups excluding tert-OH is 1. The van der Waals surface area contributed by atoms with E-state index in [4.69, 9.17) is 4.42 Å². The monoisotopic (exact) mass is 316 g/mol. The van der Waals surface area contributed by atoms with Gasteiger partial charge in [-0.15, -0.1) is 0 Å². The maximum atomic E-state index is 11.9. The summed E-state index contributed by atoms with van der Waals surface area (Å²) < 4.78 is 30.3. The van der Waals surface area contributed by atoms with Crippen molar-refractivity contribution in [3.8, 4) is 0 Å². The first-order valence-corrected chi connectivity index (χ1v) is 8.72. The summed E-state index contributed by atoms with van der Waals surface area (Å²) in [5, 5.41) is 12.5. The Morgan fingerprint density at radius 1 is 1.33 bits per heavy atom. The number of sulfonamides is 1. The minimum Gasteiger partial charge on any atom is -0.447 e. The highest BCUT2D eigenvalue weighted by Gasteiger charge is 2.26. The van der Waals surface area contributed by atoms with Crippen LogP contribution < -0.4 is 5.32 Å². The van der Waals surface area contributed by atoms with E-state index >= 15 is 0 Å². The molecule has 1 aromatic rings. The average molecular weight is 316 g/mol. The second-order valence-corrected chi connectivity index (χ2v) is 7.86. The third kappa shape index (κ3) is 3.85. The van der Waals surface area contributed by atoms with Crippen molar-refractivity contribution in [2.24, 2.45) is 11.8 Å². The van der Waals surface area contributed by atoms with Crippen molar-refractivity contribution in [3.63, 3.8) is 0 Å². The lowest BCUT2D eigenvalue weighted by Gasteiger charge is -2.17. The summed E-state index contributed by atoms with van der Waals surface area (Å²) in [5.74, 6) is 1.49. The van der Waals surface area contributed by atoms with E-state index in [-0.39, 0.29) is 11.7 Å². The Bertz CT molecular complexity index is 553. The van der Waals surface area contributed by atoms with Gasteiger partial charge in [0, 0.05) is 20.7 Å². The van der Waals surface area contributed by atoms with Gasteiger partial charge in [-0.3, -0.25) is 0 Å². The normalized spacial score (nSPS) is 23.0. The topological polar surface area (TPSA) is 82.8 Å². The number of hydrogen-bond acceptors (Lipinski definition) is 5. The number of nitrogens with zero attached hydrogens (tertiary/aromatic N) is 1. The van der Waals surface area contributed by atoms with Gasteiger partial charge in [0.1, 0.15) is 5.76 Å². The zero-order chi connectivity index (χ0) is 15.5. The van der Waals surface area contributed by atoms with Crippen LogP contribution in [0, 0.1) is 11.8 Å². The quantitative estimate of drug-likeness (QED) is 0.785. The van der Waals surface area contributed by atoms with Crippen LogP contribution >= 0.6 is 0 Å². The predicted octanol–water partition coefficient (Wildman–Crippen LogP) is 1.03. The summed E-state index contributed by atoms with van der Waals surface area (Å²) in [7, 11) is -0.549. The molecule has 0 spiro atoms. The molecule has 0 amide bonds. The molecule has 120 valence electrons. The molecular formula is C14H24N2O4S. The van der Waals surface area contributed by atoms with Crippen LogP contribution in [0.3, 0.4) is 0 Å². The molecule has 6 nitrogen and oxygen atoms in total. The second-order valence-electron chi connectivity index (χ2n) is 5.77. The highest BCUT2D eigenvalue weighted by atomic mass is 32.2. The third-order valence-electron chi connectivity index (χ3n) is 4.13. The first-order chi connectivity index (χ1) is 9.95. The van der Waals surface area contributed by atoms with Crippen LogP contribution in [-0.4, -0.2) is 45.1 Å². The SMILES string of the molecule is CN(C)S(=O)(=O)c1ccc(CNCC2CCCC2CO)o1. The molecule has 1 aliphatic rings. The van der Waals surface area contributed by atoms with Crippen LogP contribution in [0.15, 0.2) is 21.6 Å². The van der Waals surface area contributed by atoms with Gasteiger partial charge in [-0.2, -0.15) is 0 Å². The van der Waals surface area contributed by atoms with Crippen molar-refractivity contribution in [1.29, 1.82) is 0 Å². The minimum absolute atomic E-state index is 0.0293. The smallest absolute Gasteiger partial charge is 0.275 e. The molecule has 1 aromatic heterocycles. The highest BCUT2D eigenvalue weighted by molar-refractivity contribution is 7.88. The molecule has 1 saturated carbocycles. The number of furan rings is 1. The number of nitrogens with one attached hydrogen (secondary N) is 1. The summed E-state index contributed by atoms with van der Waals surface area (Å²) >= 11 is 0. The Labute approximate surface area is 126 Å². The molecule has 21 heavy (non-hydrogen) atoms. The van der Waals surface area contributed by atoms with E-state index in [0.29, 0.717) is 24.1 Å². The number of rotatable bonds is 7. The van der Waals surface area contributed by atoms with Crippen molar-refractivity contribution in [3.05, 3.63) is 17.9 Å². The van der Waals surface area contributed by atoms with Crippen LogP contribution in [-0.2, 0) is 16.6 Å². The van der Waals surface area contributed by atoms with E-state index < -0.39 is 10.0 Å². The lowest BCUT2D eigenvalue weighted by molar-refractivity contribution is 0.191. The summed E-state index contributed by atoms with van der Waals surface area (Å²) in [5.41, 5.74) is 0. The molecule has 0 bridgehead atoms. The molecule has 2 unspecified atom stereocenters. The van der Waals surface area contributed by atoms with Gasteiger partial charge in [0.15, 0.2) is 0 Å². The van der Waals surface area contributed by atoms with Crippen LogP contribution in [0.4, 0.5) is 0 Å². The Kier molecular flexibility index (Phi) is 5.43. The van der Waals surface area contributed by atoms with Crippen LogP contribution in [0.1, 0.15) is 25.0 Å². The van der Waals surface area contributed by atoms with Gasteiger partial charge < -0.3 is 14.8 Å². The highest BCUT2D eigenvalue weighted by Crippen LogP contribution is 2.30.